The van der Waals surface area contributed by atoms with Crippen LogP contribution < -0.4 is 0 Å². The molecule has 0 N–H and O–H groups in total. The van der Waals surface area contributed by atoms with Gasteiger partial charge in [-0.2, -0.15) is 0 Å². The number of furan rings is 1. The molecular formula is C41H27NO. The summed E-state index contributed by atoms with van der Waals surface area (Å²) in [5.41, 5.74) is 15.8. The van der Waals surface area contributed by atoms with Gasteiger partial charge < -0.3 is 4.42 Å². The first-order valence-corrected chi connectivity index (χ1v) is 14.8. The SMILES string of the molecule is [C-]#[N+]c1cccc(C2c3ccccc3-c3ccccc32)c1-c1ccc2oc3c4c(ccc3c2c1)-c1ccccc1C4(C)C. The summed E-state index contributed by atoms with van der Waals surface area (Å²) in [5.74, 6) is 0.0588. The zero-order chi connectivity index (χ0) is 28.9. The molecule has 2 nitrogen and oxygen atoms in total. The molecule has 1 aromatic heterocycles. The Bertz CT molecular complexity index is 2300. The Labute approximate surface area is 250 Å². The van der Waals surface area contributed by atoms with Gasteiger partial charge in [-0.1, -0.05) is 117 Å². The Kier molecular flexibility index (Phi) is 4.83. The number of rotatable bonds is 2. The summed E-state index contributed by atoms with van der Waals surface area (Å²) in [4.78, 5) is 4.04. The second-order valence-electron chi connectivity index (χ2n) is 12.3. The van der Waals surface area contributed by atoms with E-state index in [1.165, 1.54) is 44.5 Å². The fourth-order valence-corrected chi connectivity index (χ4v) is 7.93. The van der Waals surface area contributed by atoms with Crippen LogP contribution in [0.1, 0.15) is 47.6 Å². The van der Waals surface area contributed by atoms with Gasteiger partial charge in [-0.3, -0.25) is 0 Å². The average molecular weight is 550 g/mol. The molecule has 0 spiro atoms. The van der Waals surface area contributed by atoms with Gasteiger partial charge in [0.2, 0.25) is 0 Å². The van der Waals surface area contributed by atoms with E-state index in [1.54, 1.807) is 0 Å². The summed E-state index contributed by atoms with van der Waals surface area (Å²) in [7, 11) is 0. The smallest absolute Gasteiger partial charge is 0.195 e. The lowest BCUT2D eigenvalue weighted by molar-refractivity contribution is 0.620. The van der Waals surface area contributed by atoms with Crippen LogP contribution in [-0.4, -0.2) is 0 Å². The number of benzene rings is 6. The van der Waals surface area contributed by atoms with Crippen LogP contribution in [0.3, 0.4) is 0 Å². The Balaban J connectivity index is 1.28. The second kappa shape index (κ2) is 8.57. The van der Waals surface area contributed by atoms with E-state index in [-0.39, 0.29) is 11.3 Å². The van der Waals surface area contributed by atoms with Crippen LogP contribution in [-0.2, 0) is 5.41 Å². The first-order chi connectivity index (χ1) is 21.1. The summed E-state index contributed by atoms with van der Waals surface area (Å²) in [5, 5.41) is 2.20. The highest BCUT2D eigenvalue weighted by Gasteiger charge is 2.38. The molecule has 2 heteroatoms. The molecule has 0 saturated carbocycles. The van der Waals surface area contributed by atoms with Crippen molar-refractivity contribution in [2.24, 2.45) is 0 Å². The third-order valence-corrected chi connectivity index (χ3v) is 9.78. The maximum Gasteiger partial charge on any atom is 0.195 e. The minimum Gasteiger partial charge on any atom is -0.456 e. The maximum atomic E-state index is 8.15. The van der Waals surface area contributed by atoms with E-state index in [9.17, 15) is 0 Å². The molecule has 6 aromatic carbocycles. The van der Waals surface area contributed by atoms with Crippen molar-refractivity contribution < 1.29 is 4.42 Å². The quantitative estimate of drug-likeness (QED) is 0.196. The molecule has 0 unspecified atom stereocenters. The van der Waals surface area contributed by atoms with Crippen molar-refractivity contribution in [3.8, 4) is 33.4 Å². The van der Waals surface area contributed by atoms with E-state index in [2.05, 4.69) is 128 Å². The minimum atomic E-state index is -0.157. The highest BCUT2D eigenvalue weighted by Crippen LogP contribution is 2.54. The Hall–Kier alpha value is -5.39. The van der Waals surface area contributed by atoms with Crippen molar-refractivity contribution in [3.05, 3.63) is 161 Å². The fraction of sp³-hybridized carbons (Fsp3) is 0.0976. The van der Waals surface area contributed by atoms with Gasteiger partial charge in [0, 0.05) is 27.7 Å². The molecular weight excluding hydrogens is 522 g/mol. The van der Waals surface area contributed by atoms with Gasteiger partial charge in [-0.25, -0.2) is 4.85 Å². The Morgan fingerprint density at radius 1 is 0.628 bits per heavy atom. The molecule has 0 fully saturated rings. The molecule has 0 aliphatic heterocycles. The lowest BCUT2D eigenvalue weighted by Gasteiger charge is -2.21. The highest BCUT2D eigenvalue weighted by molar-refractivity contribution is 6.10. The Morgan fingerprint density at radius 2 is 1.30 bits per heavy atom. The molecule has 0 radical (unpaired) electrons. The van der Waals surface area contributed by atoms with E-state index in [0.29, 0.717) is 5.69 Å². The zero-order valence-electron chi connectivity index (χ0n) is 24.0. The predicted octanol–water partition coefficient (Wildman–Crippen LogP) is 11.3. The predicted molar refractivity (Wildman–Crippen MR) is 176 cm³/mol. The normalized spacial score (nSPS) is 14.3. The van der Waals surface area contributed by atoms with E-state index in [0.717, 1.165) is 38.6 Å². The largest absolute Gasteiger partial charge is 0.456 e. The van der Waals surface area contributed by atoms with Gasteiger partial charge in [0.15, 0.2) is 5.69 Å². The summed E-state index contributed by atoms with van der Waals surface area (Å²) in [6.07, 6.45) is 0. The molecule has 0 saturated heterocycles. The molecule has 1 heterocycles. The van der Waals surface area contributed by atoms with E-state index >= 15 is 0 Å². The van der Waals surface area contributed by atoms with Gasteiger partial charge in [0.25, 0.3) is 0 Å². The monoisotopic (exact) mass is 549 g/mol. The van der Waals surface area contributed by atoms with Crippen LogP contribution in [0.25, 0.3) is 60.2 Å². The number of hydrogen-bond donors (Lipinski definition) is 0. The fourth-order valence-electron chi connectivity index (χ4n) is 7.93. The number of hydrogen-bond acceptors (Lipinski definition) is 1. The molecule has 2 aliphatic rings. The van der Waals surface area contributed by atoms with Crippen LogP contribution in [0.2, 0.25) is 0 Å². The third-order valence-electron chi connectivity index (χ3n) is 9.78. The van der Waals surface area contributed by atoms with Gasteiger partial charge in [-0.05, 0) is 73.8 Å². The van der Waals surface area contributed by atoms with Crippen LogP contribution in [0.5, 0.6) is 0 Å². The lowest BCUT2D eigenvalue weighted by atomic mass is 9.81. The number of fused-ring (bicyclic) bond motifs is 10. The van der Waals surface area contributed by atoms with Crippen LogP contribution >= 0.6 is 0 Å². The molecule has 9 rings (SSSR count). The third kappa shape index (κ3) is 3.17. The van der Waals surface area contributed by atoms with Crippen LogP contribution in [0.4, 0.5) is 5.69 Å². The van der Waals surface area contributed by atoms with E-state index in [1.807, 2.05) is 12.1 Å². The molecule has 43 heavy (non-hydrogen) atoms. The van der Waals surface area contributed by atoms with Crippen molar-refractivity contribution in [3.63, 3.8) is 0 Å². The molecule has 0 atom stereocenters. The van der Waals surface area contributed by atoms with Crippen LogP contribution in [0, 0.1) is 6.57 Å². The summed E-state index contributed by atoms with van der Waals surface area (Å²) >= 11 is 0. The highest BCUT2D eigenvalue weighted by atomic mass is 16.3. The van der Waals surface area contributed by atoms with Crippen molar-refractivity contribution in [1.29, 1.82) is 0 Å². The molecule has 202 valence electrons. The van der Waals surface area contributed by atoms with Gasteiger partial charge in [0.05, 0.1) is 6.57 Å². The molecule has 7 aromatic rings. The minimum absolute atomic E-state index is 0.0588. The second-order valence-corrected chi connectivity index (χ2v) is 12.3. The lowest BCUT2D eigenvalue weighted by Crippen LogP contribution is -2.15. The first-order valence-electron chi connectivity index (χ1n) is 14.8. The van der Waals surface area contributed by atoms with Crippen molar-refractivity contribution >= 4 is 27.6 Å². The standard InChI is InChI=1S/C41H27NO/c1-41(2)34-17-9-8-13-27(34)30-20-21-31-33-23-24(19-22-36(33)43-40(31)39(30)41)37-32(16-10-18-35(37)42-3)38-28-14-6-4-11-25(28)26-12-5-7-15-29(26)38/h4-23,38H,1-2H3. The molecule has 2 aliphatic carbocycles. The van der Waals surface area contributed by atoms with Gasteiger partial charge in [0.1, 0.15) is 11.2 Å². The summed E-state index contributed by atoms with van der Waals surface area (Å²) in [6.45, 7) is 12.7. The summed E-state index contributed by atoms with van der Waals surface area (Å²) < 4.78 is 6.67. The molecule has 0 bridgehead atoms. The topological polar surface area (TPSA) is 17.5 Å². The van der Waals surface area contributed by atoms with E-state index in [4.69, 9.17) is 11.0 Å². The van der Waals surface area contributed by atoms with Crippen molar-refractivity contribution in [2.45, 2.75) is 25.2 Å². The van der Waals surface area contributed by atoms with Crippen molar-refractivity contribution in [1.82, 2.24) is 0 Å². The van der Waals surface area contributed by atoms with Gasteiger partial charge >= 0.3 is 0 Å². The zero-order valence-corrected chi connectivity index (χ0v) is 24.0. The first kappa shape index (κ1) is 24.2. The average Bonchev–Trinajstić information content (AvgIpc) is 3.66. The summed E-state index contributed by atoms with van der Waals surface area (Å²) in [6, 6.07) is 43.2. The van der Waals surface area contributed by atoms with Gasteiger partial charge in [-0.15, -0.1) is 0 Å². The van der Waals surface area contributed by atoms with E-state index < -0.39 is 0 Å². The Morgan fingerprint density at radius 3 is 2.05 bits per heavy atom. The van der Waals surface area contributed by atoms with Crippen molar-refractivity contribution in [2.75, 3.05) is 0 Å². The molecule has 0 amide bonds. The maximum absolute atomic E-state index is 8.15. The number of nitrogens with zero attached hydrogens (tertiary/aromatic N) is 1. The van der Waals surface area contributed by atoms with Crippen LogP contribution in [0.15, 0.2) is 126 Å².